The number of hydrogen-bond donors (Lipinski definition) is 3. The van der Waals surface area contributed by atoms with Crippen LogP contribution in [0, 0.1) is 0 Å². The van der Waals surface area contributed by atoms with Gasteiger partial charge in [0.2, 0.25) is 0 Å². The van der Waals surface area contributed by atoms with Crippen molar-refractivity contribution in [3.8, 4) is 0 Å². The van der Waals surface area contributed by atoms with Gasteiger partial charge in [-0.25, -0.2) is 4.98 Å². The summed E-state index contributed by atoms with van der Waals surface area (Å²) in [6.07, 6.45) is 3.22. The fraction of sp³-hybridized carbons (Fsp3) is 0.333. The summed E-state index contributed by atoms with van der Waals surface area (Å²) in [6, 6.07) is 7.69. The van der Waals surface area contributed by atoms with Gasteiger partial charge in [-0.2, -0.15) is 0 Å². The fourth-order valence-electron chi connectivity index (χ4n) is 3.24. The van der Waals surface area contributed by atoms with E-state index in [1.165, 1.54) is 0 Å². The third kappa shape index (κ3) is 3.38. The van der Waals surface area contributed by atoms with Crippen molar-refractivity contribution in [2.24, 2.45) is 0 Å². The maximum atomic E-state index is 12.4. The van der Waals surface area contributed by atoms with Crippen LogP contribution in [0.5, 0.6) is 0 Å². The number of aliphatic hydroxyl groups excluding tert-OH is 1. The van der Waals surface area contributed by atoms with Crippen LogP contribution in [0.15, 0.2) is 35.8 Å². The van der Waals surface area contributed by atoms with Crippen molar-refractivity contribution in [1.29, 1.82) is 0 Å². The average molecular weight is 356 g/mol. The summed E-state index contributed by atoms with van der Waals surface area (Å²) in [5, 5.41) is 14.9. The van der Waals surface area contributed by atoms with Crippen molar-refractivity contribution in [1.82, 2.24) is 15.3 Å². The number of amides is 1. The number of rotatable bonds is 4. The molecule has 0 aromatic carbocycles. The van der Waals surface area contributed by atoms with Crippen LogP contribution in [0.2, 0.25) is 0 Å². The second kappa shape index (κ2) is 6.85. The van der Waals surface area contributed by atoms with E-state index in [0.717, 1.165) is 41.0 Å². The number of anilines is 1. The molecule has 130 valence electrons. The molecule has 0 saturated carbocycles. The number of carbonyl (C=O) groups is 1. The number of nitrogens with zero attached hydrogens (tertiary/aromatic N) is 2. The Morgan fingerprint density at radius 1 is 1.48 bits per heavy atom. The number of aromatic amines is 1. The van der Waals surface area contributed by atoms with Gasteiger partial charge in [-0.3, -0.25) is 4.79 Å². The Labute approximate surface area is 149 Å². The molecule has 6 nitrogen and oxygen atoms in total. The Morgan fingerprint density at radius 3 is 3.24 bits per heavy atom. The van der Waals surface area contributed by atoms with Gasteiger partial charge >= 0.3 is 0 Å². The van der Waals surface area contributed by atoms with Gasteiger partial charge in [-0.05, 0) is 36.4 Å². The summed E-state index contributed by atoms with van der Waals surface area (Å²) in [6.45, 7) is 1.87. The van der Waals surface area contributed by atoms with E-state index in [1.54, 1.807) is 17.5 Å². The van der Waals surface area contributed by atoms with Crippen LogP contribution in [-0.4, -0.2) is 40.2 Å². The van der Waals surface area contributed by atoms with Crippen LogP contribution in [0.1, 0.15) is 28.9 Å². The molecule has 1 saturated heterocycles. The van der Waals surface area contributed by atoms with E-state index in [4.69, 9.17) is 0 Å². The first-order valence-electron chi connectivity index (χ1n) is 8.42. The highest BCUT2D eigenvalue weighted by Crippen LogP contribution is 2.23. The van der Waals surface area contributed by atoms with Gasteiger partial charge in [0.1, 0.15) is 11.5 Å². The monoisotopic (exact) mass is 356 g/mol. The van der Waals surface area contributed by atoms with Gasteiger partial charge in [0, 0.05) is 31.4 Å². The number of thiophene rings is 1. The second-order valence-electron chi connectivity index (χ2n) is 6.29. The molecular formula is C18H20N4O2S. The molecule has 0 radical (unpaired) electrons. The number of aliphatic hydroxyl groups is 1. The first-order chi connectivity index (χ1) is 12.2. The highest BCUT2D eigenvalue weighted by molar-refractivity contribution is 7.17. The Hall–Kier alpha value is -2.38. The zero-order chi connectivity index (χ0) is 17.2. The summed E-state index contributed by atoms with van der Waals surface area (Å²) in [5.74, 6) is 0.714. The van der Waals surface area contributed by atoms with Crippen molar-refractivity contribution >= 4 is 33.3 Å². The van der Waals surface area contributed by atoms with Crippen molar-refractivity contribution in [3.05, 3.63) is 47.1 Å². The molecule has 0 bridgehead atoms. The number of nitrogens with one attached hydrogen (secondary N) is 2. The van der Waals surface area contributed by atoms with E-state index in [0.29, 0.717) is 18.8 Å². The smallest absolute Gasteiger partial charge is 0.268 e. The van der Waals surface area contributed by atoms with Gasteiger partial charge in [0.25, 0.3) is 5.91 Å². The molecule has 1 fully saturated rings. The average Bonchev–Trinajstić information content (AvgIpc) is 3.22. The zero-order valence-electron chi connectivity index (χ0n) is 13.7. The van der Waals surface area contributed by atoms with Crippen LogP contribution in [0.25, 0.3) is 10.2 Å². The molecule has 3 aromatic heterocycles. The SMILES string of the molecule is O=C(NCc1cccnc1N1CCCC(O)C1)c1cc2sccc2[nH]1. The lowest BCUT2D eigenvalue weighted by molar-refractivity contribution is 0.0946. The number of β-amino-alcohol motifs (C(OH)–C–C–N with tert-alkyl or cyclic N) is 1. The van der Waals surface area contributed by atoms with Crippen molar-refractivity contribution < 1.29 is 9.90 Å². The maximum Gasteiger partial charge on any atom is 0.268 e. The number of piperidine rings is 1. The quantitative estimate of drug-likeness (QED) is 0.671. The molecule has 4 heterocycles. The molecule has 3 aromatic rings. The first-order valence-corrected chi connectivity index (χ1v) is 9.30. The Morgan fingerprint density at radius 2 is 2.40 bits per heavy atom. The van der Waals surface area contributed by atoms with Gasteiger partial charge in [0.15, 0.2) is 0 Å². The molecule has 4 rings (SSSR count). The van der Waals surface area contributed by atoms with E-state index in [1.807, 2.05) is 29.6 Å². The second-order valence-corrected chi connectivity index (χ2v) is 7.24. The molecule has 3 N–H and O–H groups in total. The van der Waals surface area contributed by atoms with Crippen LogP contribution >= 0.6 is 11.3 Å². The van der Waals surface area contributed by atoms with Crippen molar-refractivity contribution in [2.45, 2.75) is 25.5 Å². The molecule has 1 aliphatic rings. The Balaban J connectivity index is 1.47. The summed E-state index contributed by atoms with van der Waals surface area (Å²) < 4.78 is 1.08. The number of fused-ring (bicyclic) bond motifs is 1. The van der Waals surface area contributed by atoms with Crippen LogP contribution in [-0.2, 0) is 6.54 Å². The van der Waals surface area contributed by atoms with E-state index in [-0.39, 0.29) is 12.0 Å². The predicted molar refractivity (Wildman–Crippen MR) is 99.0 cm³/mol. The van der Waals surface area contributed by atoms with E-state index >= 15 is 0 Å². The molecule has 1 unspecified atom stereocenters. The summed E-state index contributed by atoms with van der Waals surface area (Å²) in [7, 11) is 0. The van der Waals surface area contributed by atoms with Crippen LogP contribution < -0.4 is 10.2 Å². The summed E-state index contributed by atoms with van der Waals surface area (Å²) >= 11 is 1.61. The first kappa shape index (κ1) is 16.1. The maximum absolute atomic E-state index is 12.4. The van der Waals surface area contributed by atoms with Gasteiger partial charge in [-0.15, -0.1) is 11.3 Å². The fourth-order valence-corrected chi connectivity index (χ4v) is 4.02. The van der Waals surface area contributed by atoms with Gasteiger partial charge < -0.3 is 20.3 Å². The Bertz CT molecular complexity index is 859. The molecular weight excluding hydrogens is 336 g/mol. The Kier molecular flexibility index (Phi) is 4.42. The highest BCUT2D eigenvalue weighted by Gasteiger charge is 2.21. The zero-order valence-corrected chi connectivity index (χ0v) is 14.6. The minimum absolute atomic E-state index is 0.128. The minimum atomic E-state index is -0.315. The minimum Gasteiger partial charge on any atom is -0.391 e. The van der Waals surface area contributed by atoms with E-state index < -0.39 is 0 Å². The summed E-state index contributed by atoms with van der Waals surface area (Å²) in [4.78, 5) is 22.1. The van der Waals surface area contributed by atoms with E-state index in [2.05, 4.69) is 20.2 Å². The largest absolute Gasteiger partial charge is 0.391 e. The molecule has 1 aliphatic heterocycles. The number of carbonyl (C=O) groups excluding carboxylic acids is 1. The molecule has 1 amide bonds. The highest BCUT2D eigenvalue weighted by atomic mass is 32.1. The lowest BCUT2D eigenvalue weighted by Crippen LogP contribution is -2.39. The van der Waals surface area contributed by atoms with Crippen molar-refractivity contribution in [2.75, 3.05) is 18.0 Å². The summed E-state index contributed by atoms with van der Waals surface area (Å²) in [5.41, 5.74) is 2.51. The molecule has 0 aliphatic carbocycles. The third-order valence-electron chi connectivity index (χ3n) is 4.49. The molecule has 7 heteroatoms. The third-order valence-corrected chi connectivity index (χ3v) is 5.35. The van der Waals surface area contributed by atoms with E-state index in [9.17, 15) is 9.90 Å². The topological polar surface area (TPSA) is 81.2 Å². The lowest BCUT2D eigenvalue weighted by atomic mass is 10.1. The molecule has 0 spiro atoms. The normalized spacial score (nSPS) is 17.8. The predicted octanol–water partition coefficient (Wildman–Crippen LogP) is 2.52. The number of H-pyrrole nitrogens is 1. The molecule has 25 heavy (non-hydrogen) atoms. The number of aromatic nitrogens is 2. The standard InChI is InChI=1S/C18H20N4O2S/c23-13-4-2-7-22(11-13)17-12(3-1-6-19-17)10-20-18(24)15-9-16-14(21-15)5-8-25-16/h1,3,5-6,8-9,13,21,23H,2,4,7,10-11H2,(H,20,24). The van der Waals surface area contributed by atoms with Crippen LogP contribution in [0.3, 0.4) is 0 Å². The van der Waals surface area contributed by atoms with Gasteiger partial charge in [-0.1, -0.05) is 6.07 Å². The van der Waals surface area contributed by atoms with Gasteiger partial charge in [0.05, 0.1) is 16.3 Å². The molecule has 1 atom stereocenters. The number of hydrogen-bond acceptors (Lipinski definition) is 5. The number of pyridine rings is 1. The lowest BCUT2D eigenvalue weighted by Gasteiger charge is -2.32. The van der Waals surface area contributed by atoms with Crippen LogP contribution in [0.4, 0.5) is 5.82 Å². The van der Waals surface area contributed by atoms with Crippen molar-refractivity contribution in [3.63, 3.8) is 0 Å².